The number of likely N-dealkylation sites (tertiary alicyclic amines) is 1. The topological polar surface area (TPSA) is 41.9 Å². The van der Waals surface area contributed by atoms with Gasteiger partial charge in [-0.3, -0.25) is 4.90 Å². The molecule has 31 heavy (non-hydrogen) atoms. The molecule has 0 radical (unpaired) electrons. The zero-order valence-electron chi connectivity index (χ0n) is 18.2. The Balaban J connectivity index is 1.49. The molecule has 6 heteroatoms. The highest BCUT2D eigenvalue weighted by Crippen LogP contribution is 2.36. The van der Waals surface area contributed by atoms with Gasteiger partial charge >= 0.3 is 0 Å². The van der Waals surface area contributed by atoms with E-state index >= 15 is 0 Å². The Bertz CT molecular complexity index is 965. The van der Waals surface area contributed by atoms with Gasteiger partial charge in [0.2, 0.25) is 0 Å². The van der Waals surface area contributed by atoms with Crippen LogP contribution in [0.2, 0.25) is 0 Å². The van der Waals surface area contributed by atoms with Crippen LogP contribution in [0.25, 0.3) is 5.57 Å². The second kappa shape index (κ2) is 10.0. The Morgan fingerprint density at radius 2 is 1.55 bits per heavy atom. The Morgan fingerprint density at radius 3 is 2.06 bits per heavy atom. The molecule has 3 heterocycles. The molecule has 4 rings (SSSR count). The molecule has 0 amide bonds. The van der Waals surface area contributed by atoms with Crippen LogP contribution in [-0.4, -0.2) is 43.4 Å². The molecular weight excluding hydrogens is 426 g/mol. The van der Waals surface area contributed by atoms with Gasteiger partial charge in [-0.2, -0.15) is 22.7 Å². The van der Waals surface area contributed by atoms with Crippen LogP contribution in [0.5, 0.6) is 11.5 Å². The quantitative estimate of drug-likeness (QED) is 0.485. The fourth-order valence-corrected chi connectivity index (χ4v) is 5.65. The van der Waals surface area contributed by atoms with Gasteiger partial charge < -0.3 is 14.6 Å². The fraction of sp³-hybridized carbons (Fsp3) is 0.360. The number of ether oxygens (including phenoxy) is 2. The summed E-state index contributed by atoms with van der Waals surface area (Å²) in [5, 5.41) is 19.8. The van der Waals surface area contributed by atoms with Gasteiger partial charge in [0.1, 0.15) is 0 Å². The number of rotatable bonds is 7. The summed E-state index contributed by atoms with van der Waals surface area (Å²) in [5.74, 6) is 1.32. The number of aliphatic hydroxyl groups excluding tert-OH is 1. The van der Waals surface area contributed by atoms with E-state index in [0.29, 0.717) is 11.5 Å². The molecule has 2 atom stereocenters. The van der Waals surface area contributed by atoms with Crippen molar-refractivity contribution in [3.63, 3.8) is 0 Å². The summed E-state index contributed by atoms with van der Waals surface area (Å²) in [7, 11) is 3.24. The molecule has 1 N–H and O–H groups in total. The molecule has 4 nitrogen and oxygen atoms in total. The average molecular weight is 456 g/mol. The molecule has 0 bridgehead atoms. The highest BCUT2D eigenvalue weighted by atomic mass is 32.1. The highest BCUT2D eigenvalue weighted by Gasteiger charge is 2.27. The molecule has 164 valence electrons. The lowest BCUT2D eigenvalue weighted by Crippen LogP contribution is -2.41. The van der Waals surface area contributed by atoms with Crippen LogP contribution in [-0.2, 0) is 0 Å². The third kappa shape index (κ3) is 4.72. The molecule has 2 unspecified atom stereocenters. The van der Waals surface area contributed by atoms with Gasteiger partial charge in [0.15, 0.2) is 11.5 Å². The van der Waals surface area contributed by atoms with Gasteiger partial charge in [0, 0.05) is 19.1 Å². The number of hydrogen-bond donors (Lipinski definition) is 1. The first-order valence-electron chi connectivity index (χ1n) is 10.5. The monoisotopic (exact) mass is 455 g/mol. The third-order valence-corrected chi connectivity index (χ3v) is 7.52. The lowest BCUT2D eigenvalue weighted by molar-refractivity contribution is 0.0532. The summed E-state index contributed by atoms with van der Waals surface area (Å²) >= 11 is 3.50. The van der Waals surface area contributed by atoms with Gasteiger partial charge in [-0.05, 0) is 87.8 Å². The van der Waals surface area contributed by atoms with Crippen LogP contribution in [0.15, 0.2) is 57.4 Å². The molecule has 1 fully saturated rings. The van der Waals surface area contributed by atoms with Crippen LogP contribution >= 0.6 is 22.7 Å². The van der Waals surface area contributed by atoms with Crippen LogP contribution < -0.4 is 9.47 Å². The minimum Gasteiger partial charge on any atom is -0.493 e. The van der Waals surface area contributed by atoms with E-state index in [1.165, 1.54) is 22.3 Å². The standard InChI is InChI=1S/C25H29NO3S2/c1-17(25(27)19-4-5-22(28-2)23(14-19)29-3)26-10-6-18(7-11-26)24(20-8-12-30-15-20)21-9-13-31-16-21/h4-5,8-9,12-17,25,27H,6-7,10-11H2,1-3H3. The number of aliphatic hydroxyl groups is 1. The number of thiophene rings is 2. The normalized spacial score (nSPS) is 16.7. The number of nitrogens with zero attached hydrogens (tertiary/aromatic N) is 1. The van der Waals surface area contributed by atoms with Crippen LogP contribution in [0.1, 0.15) is 42.6 Å². The number of methoxy groups -OCH3 is 2. The average Bonchev–Trinajstić information content (AvgIpc) is 3.53. The minimum atomic E-state index is -0.585. The van der Waals surface area contributed by atoms with Gasteiger partial charge in [0.25, 0.3) is 0 Å². The van der Waals surface area contributed by atoms with Gasteiger partial charge in [-0.15, -0.1) is 0 Å². The maximum atomic E-state index is 11.1. The van der Waals surface area contributed by atoms with Crippen molar-refractivity contribution in [1.29, 1.82) is 0 Å². The van der Waals surface area contributed by atoms with E-state index < -0.39 is 6.10 Å². The molecule has 0 aliphatic carbocycles. The Labute approximate surface area is 192 Å². The SMILES string of the molecule is COc1ccc(C(O)C(C)N2CCC(=C(c3ccsc3)c3ccsc3)CC2)cc1OC. The summed E-state index contributed by atoms with van der Waals surface area (Å²) in [6, 6.07) is 10.1. The van der Waals surface area contributed by atoms with Crippen molar-refractivity contribution in [1.82, 2.24) is 4.90 Å². The molecule has 1 saturated heterocycles. The maximum absolute atomic E-state index is 11.1. The van der Waals surface area contributed by atoms with E-state index in [4.69, 9.17) is 9.47 Å². The Kier molecular flexibility index (Phi) is 7.13. The Morgan fingerprint density at radius 1 is 0.935 bits per heavy atom. The number of hydrogen-bond acceptors (Lipinski definition) is 6. The lowest BCUT2D eigenvalue weighted by atomic mass is 9.90. The van der Waals surface area contributed by atoms with E-state index in [-0.39, 0.29) is 6.04 Å². The first-order chi connectivity index (χ1) is 15.1. The largest absolute Gasteiger partial charge is 0.493 e. The number of benzene rings is 1. The lowest BCUT2D eigenvalue weighted by Gasteiger charge is -2.37. The van der Waals surface area contributed by atoms with Gasteiger partial charge in [0.05, 0.1) is 20.3 Å². The fourth-order valence-electron chi connectivity index (χ4n) is 4.35. The first-order valence-corrected chi connectivity index (χ1v) is 12.4. The van der Waals surface area contributed by atoms with Crippen LogP contribution in [0.3, 0.4) is 0 Å². The molecule has 1 aliphatic rings. The second-order valence-electron chi connectivity index (χ2n) is 7.84. The zero-order chi connectivity index (χ0) is 21.8. The predicted octanol–water partition coefficient (Wildman–Crippen LogP) is 5.85. The van der Waals surface area contributed by atoms with Crippen molar-refractivity contribution in [2.24, 2.45) is 0 Å². The summed E-state index contributed by atoms with van der Waals surface area (Å²) in [5.41, 5.74) is 6.41. The van der Waals surface area contributed by atoms with Crippen molar-refractivity contribution < 1.29 is 14.6 Å². The maximum Gasteiger partial charge on any atom is 0.161 e. The highest BCUT2D eigenvalue weighted by molar-refractivity contribution is 7.08. The predicted molar refractivity (Wildman–Crippen MR) is 129 cm³/mol. The third-order valence-electron chi connectivity index (χ3n) is 6.16. The molecule has 0 spiro atoms. The van der Waals surface area contributed by atoms with E-state index in [1.807, 2.05) is 18.2 Å². The molecule has 0 saturated carbocycles. The summed E-state index contributed by atoms with van der Waals surface area (Å²) in [4.78, 5) is 2.39. The van der Waals surface area contributed by atoms with Crippen molar-refractivity contribution >= 4 is 28.2 Å². The molecule has 3 aromatic rings. The summed E-state index contributed by atoms with van der Waals surface area (Å²) in [6.07, 6.45) is 1.45. The van der Waals surface area contributed by atoms with Gasteiger partial charge in [-0.1, -0.05) is 11.6 Å². The molecule has 2 aromatic heterocycles. The van der Waals surface area contributed by atoms with Crippen molar-refractivity contribution in [2.45, 2.75) is 31.9 Å². The Hall–Kier alpha value is -2.12. The van der Waals surface area contributed by atoms with Crippen molar-refractivity contribution in [3.8, 4) is 11.5 Å². The summed E-state index contributed by atoms with van der Waals surface area (Å²) in [6.45, 7) is 3.99. The second-order valence-corrected chi connectivity index (χ2v) is 9.40. The van der Waals surface area contributed by atoms with Crippen LogP contribution in [0.4, 0.5) is 0 Å². The van der Waals surface area contributed by atoms with Gasteiger partial charge in [-0.25, -0.2) is 0 Å². The zero-order valence-corrected chi connectivity index (χ0v) is 19.8. The molecule has 1 aromatic carbocycles. The van der Waals surface area contributed by atoms with Crippen LogP contribution in [0, 0.1) is 0 Å². The van der Waals surface area contributed by atoms with E-state index in [2.05, 4.69) is 45.5 Å². The number of piperidine rings is 1. The van der Waals surface area contributed by atoms with Crippen molar-refractivity contribution in [3.05, 3.63) is 74.1 Å². The minimum absolute atomic E-state index is 0.0189. The summed E-state index contributed by atoms with van der Waals surface area (Å²) < 4.78 is 10.7. The van der Waals surface area contributed by atoms with E-state index in [9.17, 15) is 5.11 Å². The smallest absolute Gasteiger partial charge is 0.161 e. The molecule has 1 aliphatic heterocycles. The first kappa shape index (κ1) is 22.1. The molecular formula is C25H29NO3S2. The van der Waals surface area contributed by atoms with E-state index in [0.717, 1.165) is 31.5 Å². The van der Waals surface area contributed by atoms with E-state index in [1.54, 1.807) is 36.9 Å². The van der Waals surface area contributed by atoms with Crippen molar-refractivity contribution in [2.75, 3.05) is 27.3 Å².